The van der Waals surface area contributed by atoms with E-state index in [1.54, 1.807) is 6.07 Å². The van der Waals surface area contributed by atoms with Gasteiger partial charge in [0.15, 0.2) is 0 Å². The lowest BCUT2D eigenvalue weighted by Gasteiger charge is -2.22. The van der Waals surface area contributed by atoms with Crippen LogP contribution in [0.3, 0.4) is 0 Å². The van der Waals surface area contributed by atoms with E-state index >= 15 is 0 Å². The highest BCUT2D eigenvalue weighted by atomic mass is 79.9. The Morgan fingerprint density at radius 3 is 2.52 bits per heavy atom. The van der Waals surface area contributed by atoms with Crippen molar-refractivity contribution in [2.75, 3.05) is 6.54 Å². The van der Waals surface area contributed by atoms with E-state index in [1.165, 1.54) is 17.2 Å². The lowest BCUT2D eigenvalue weighted by atomic mass is 9.93. The third-order valence-corrected chi connectivity index (χ3v) is 4.30. The average Bonchev–Trinajstić information content (AvgIpc) is 2.45. The zero-order valence-corrected chi connectivity index (χ0v) is 14.3. The summed E-state index contributed by atoms with van der Waals surface area (Å²) in [5, 5.41) is 3.52. The van der Waals surface area contributed by atoms with Crippen molar-refractivity contribution in [3.8, 4) is 0 Å². The molecule has 2 aromatic carbocycles. The van der Waals surface area contributed by atoms with Crippen LogP contribution in [0, 0.1) is 19.7 Å². The van der Waals surface area contributed by atoms with Crippen molar-refractivity contribution in [3.05, 3.63) is 68.9 Å². The molecule has 0 aromatic heterocycles. The summed E-state index contributed by atoms with van der Waals surface area (Å²) in [5.74, 6) is -0.170. The van der Waals surface area contributed by atoms with Gasteiger partial charge in [-0.1, -0.05) is 35.0 Å². The summed E-state index contributed by atoms with van der Waals surface area (Å²) >= 11 is 3.54. The van der Waals surface area contributed by atoms with Crippen LogP contribution in [-0.2, 0) is 6.42 Å². The van der Waals surface area contributed by atoms with E-state index in [0.717, 1.165) is 28.6 Å². The molecule has 1 atom stereocenters. The second-order valence-corrected chi connectivity index (χ2v) is 6.30. The van der Waals surface area contributed by atoms with Crippen LogP contribution in [0.5, 0.6) is 0 Å². The van der Waals surface area contributed by atoms with E-state index in [1.807, 2.05) is 13.0 Å². The van der Waals surface area contributed by atoms with E-state index < -0.39 is 0 Å². The SMILES string of the molecule is CCNC(Cc1cc(F)ccc1C)c1cc(Br)ccc1C. The first-order chi connectivity index (χ1) is 10.0. The summed E-state index contributed by atoms with van der Waals surface area (Å²) in [4.78, 5) is 0. The Labute approximate surface area is 134 Å². The third-order valence-electron chi connectivity index (χ3n) is 3.80. The minimum atomic E-state index is -0.170. The van der Waals surface area contributed by atoms with Crippen LogP contribution in [0.2, 0.25) is 0 Å². The second kappa shape index (κ2) is 7.19. The number of likely N-dealkylation sites (N-methyl/N-ethyl adjacent to an activating group) is 1. The minimum absolute atomic E-state index is 0.170. The molecule has 0 aliphatic rings. The number of aryl methyl sites for hydroxylation is 2. The smallest absolute Gasteiger partial charge is 0.123 e. The Hall–Kier alpha value is -1.19. The van der Waals surface area contributed by atoms with Gasteiger partial charge in [0.05, 0.1) is 0 Å². The van der Waals surface area contributed by atoms with Gasteiger partial charge in [0.25, 0.3) is 0 Å². The van der Waals surface area contributed by atoms with Gasteiger partial charge in [-0.05, 0) is 73.3 Å². The first-order valence-electron chi connectivity index (χ1n) is 7.25. The Morgan fingerprint density at radius 1 is 1.10 bits per heavy atom. The van der Waals surface area contributed by atoms with Gasteiger partial charge in [-0.15, -0.1) is 0 Å². The lowest BCUT2D eigenvalue weighted by Crippen LogP contribution is -2.24. The summed E-state index contributed by atoms with van der Waals surface area (Å²) in [6.45, 7) is 7.12. The number of hydrogen-bond donors (Lipinski definition) is 1. The molecule has 0 heterocycles. The number of benzene rings is 2. The second-order valence-electron chi connectivity index (χ2n) is 5.39. The zero-order valence-electron chi connectivity index (χ0n) is 12.7. The molecule has 3 heteroatoms. The van der Waals surface area contributed by atoms with Gasteiger partial charge in [-0.25, -0.2) is 4.39 Å². The summed E-state index contributed by atoms with van der Waals surface area (Å²) in [5.41, 5.74) is 4.69. The van der Waals surface area contributed by atoms with E-state index in [9.17, 15) is 4.39 Å². The van der Waals surface area contributed by atoms with Crippen molar-refractivity contribution < 1.29 is 4.39 Å². The monoisotopic (exact) mass is 349 g/mol. The Kier molecular flexibility index (Phi) is 5.54. The first kappa shape index (κ1) is 16.2. The van der Waals surface area contributed by atoms with Crippen LogP contribution < -0.4 is 5.32 Å². The molecule has 1 unspecified atom stereocenters. The van der Waals surface area contributed by atoms with Gasteiger partial charge in [-0.2, -0.15) is 0 Å². The van der Waals surface area contributed by atoms with Crippen molar-refractivity contribution in [2.45, 2.75) is 33.2 Å². The maximum absolute atomic E-state index is 13.5. The molecular formula is C18H21BrFN. The number of nitrogens with one attached hydrogen (secondary N) is 1. The van der Waals surface area contributed by atoms with Crippen LogP contribution in [0.15, 0.2) is 40.9 Å². The topological polar surface area (TPSA) is 12.0 Å². The molecule has 2 rings (SSSR count). The third kappa shape index (κ3) is 4.14. The first-order valence-corrected chi connectivity index (χ1v) is 8.05. The average molecular weight is 350 g/mol. The highest BCUT2D eigenvalue weighted by Gasteiger charge is 2.15. The van der Waals surface area contributed by atoms with Crippen molar-refractivity contribution >= 4 is 15.9 Å². The molecule has 1 nitrogen and oxygen atoms in total. The molecular weight excluding hydrogens is 329 g/mol. The predicted octanol–water partition coefficient (Wildman–Crippen LogP) is 5.10. The Balaban J connectivity index is 2.35. The van der Waals surface area contributed by atoms with Crippen LogP contribution in [0.4, 0.5) is 4.39 Å². The normalized spacial score (nSPS) is 12.4. The molecule has 1 N–H and O–H groups in total. The maximum atomic E-state index is 13.5. The highest BCUT2D eigenvalue weighted by molar-refractivity contribution is 9.10. The molecule has 21 heavy (non-hydrogen) atoms. The maximum Gasteiger partial charge on any atom is 0.123 e. The molecule has 0 spiro atoms. The molecule has 0 saturated heterocycles. The Bertz CT molecular complexity index is 625. The molecule has 0 radical (unpaired) electrons. The zero-order chi connectivity index (χ0) is 15.4. The van der Waals surface area contributed by atoms with Gasteiger partial charge < -0.3 is 5.32 Å². The summed E-state index contributed by atoms with van der Waals surface area (Å²) in [6.07, 6.45) is 0.786. The van der Waals surface area contributed by atoms with E-state index in [-0.39, 0.29) is 11.9 Å². The fourth-order valence-corrected chi connectivity index (χ4v) is 2.98. The molecule has 2 aromatic rings. The van der Waals surface area contributed by atoms with Crippen molar-refractivity contribution in [2.24, 2.45) is 0 Å². The molecule has 0 aliphatic heterocycles. The standard InChI is InChI=1S/C18H21BrFN/c1-4-21-18(17-11-15(19)7-5-13(17)3)10-14-9-16(20)8-6-12(14)2/h5-9,11,18,21H,4,10H2,1-3H3. The van der Waals surface area contributed by atoms with Crippen LogP contribution in [0.25, 0.3) is 0 Å². The van der Waals surface area contributed by atoms with Crippen LogP contribution in [0.1, 0.15) is 35.2 Å². The number of rotatable bonds is 5. The van der Waals surface area contributed by atoms with Gasteiger partial charge >= 0.3 is 0 Å². The molecule has 0 bridgehead atoms. The van der Waals surface area contributed by atoms with Gasteiger partial charge in [-0.3, -0.25) is 0 Å². The van der Waals surface area contributed by atoms with E-state index in [2.05, 4.69) is 53.3 Å². The van der Waals surface area contributed by atoms with Crippen molar-refractivity contribution in [1.29, 1.82) is 0 Å². The Morgan fingerprint density at radius 2 is 1.81 bits per heavy atom. The fourth-order valence-electron chi connectivity index (χ4n) is 2.61. The van der Waals surface area contributed by atoms with Crippen molar-refractivity contribution in [3.63, 3.8) is 0 Å². The highest BCUT2D eigenvalue weighted by Crippen LogP contribution is 2.26. The van der Waals surface area contributed by atoms with Crippen LogP contribution in [-0.4, -0.2) is 6.54 Å². The van der Waals surface area contributed by atoms with E-state index in [4.69, 9.17) is 0 Å². The molecule has 0 saturated carbocycles. The van der Waals surface area contributed by atoms with Crippen molar-refractivity contribution in [1.82, 2.24) is 5.32 Å². The molecule has 0 aliphatic carbocycles. The largest absolute Gasteiger partial charge is 0.310 e. The molecule has 0 fully saturated rings. The number of hydrogen-bond acceptors (Lipinski definition) is 1. The summed E-state index contributed by atoms with van der Waals surface area (Å²) in [7, 11) is 0. The lowest BCUT2D eigenvalue weighted by molar-refractivity contribution is 0.543. The molecule has 112 valence electrons. The summed E-state index contributed by atoms with van der Waals surface area (Å²) in [6, 6.07) is 11.5. The number of halogens is 2. The van der Waals surface area contributed by atoms with Gasteiger partial charge in [0.2, 0.25) is 0 Å². The molecule has 0 amide bonds. The van der Waals surface area contributed by atoms with Crippen LogP contribution >= 0.6 is 15.9 Å². The quantitative estimate of drug-likeness (QED) is 0.791. The summed E-state index contributed by atoms with van der Waals surface area (Å²) < 4.78 is 14.6. The predicted molar refractivity (Wildman–Crippen MR) is 90.1 cm³/mol. The van der Waals surface area contributed by atoms with Gasteiger partial charge in [0, 0.05) is 10.5 Å². The minimum Gasteiger partial charge on any atom is -0.310 e. The van der Waals surface area contributed by atoms with E-state index in [0.29, 0.717) is 0 Å². The van der Waals surface area contributed by atoms with Gasteiger partial charge in [0.1, 0.15) is 5.82 Å². The fraction of sp³-hybridized carbons (Fsp3) is 0.333.